The Hall–Kier alpha value is -2.97. The van der Waals surface area contributed by atoms with E-state index in [4.69, 9.17) is 9.47 Å². The van der Waals surface area contributed by atoms with Crippen LogP contribution in [0.3, 0.4) is 0 Å². The molecule has 3 rings (SSSR count). The Bertz CT molecular complexity index is 782. The van der Waals surface area contributed by atoms with Gasteiger partial charge in [0.25, 0.3) is 5.91 Å². The number of carbonyl (C=O) groups is 1. The summed E-state index contributed by atoms with van der Waals surface area (Å²) in [6.07, 6.45) is 5.50. The summed E-state index contributed by atoms with van der Waals surface area (Å²) in [4.78, 5) is 16.2. The van der Waals surface area contributed by atoms with Crippen LogP contribution >= 0.6 is 0 Å². The first-order valence-electron chi connectivity index (χ1n) is 8.17. The minimum Gasteiger partial charge on any atom is -0.493 e. The number of carbonyl (C=O) groups excluding carboxylic acids is 1. The van der Waals surface area contributed by atoms with Crippen LogP contribution in [0.2, 0.25) is 0 Å². The normalized spacial score (nSPS) is 19.5. The number of hydrazine groups is 1. The third-order valence-corrected chi connectivity index (χ3v) is 4.12. The fourth-order valence-corrected chi connectivity index (χ4v) is 2.71. The number of amides is 1. The predicted octanol–water partition coefficient (Wildman–Crippen LogP) is 1.16. The van der Waals surface area contributed by atoms with Crippen molar-refractivity contribution in [3.05, 3.63) is 53.9 Å². The fourth-order valence-electron chi connectivity index (χ4n) is 2.71. The second kappa shape index (κ2) is 8.41. The van der Waals surface area contributed by atoms with E-state index in [1.165, 1.54) is 0 Å². The van der Waals surface area contributed by atoms with Gasteiger partial charge in [0.2, 0.25) is 0 Å². The molecule has 2 aromatic rings. The summed E-state index contributed by atoms with van der Waals surface area (Å²) in [6.45, 7) is 0. The molecular weight excluding hydrogens is 334 g/mol. The number of benzene rings is 1. The Labute approximate surface area is 151 Å². The summed E-state index contributed by atoms with van der Waals surface area (Å²) in [5.41, 5.74) is 10.6. The highest BCUT2D eigenvalue weighted by molar-refractivity contribution is 5.85. The Balaban J connectivity index is 1.58. The maximum absolute atomic E-state index is 12.3. The van der Waals surface area contributed by atoms with Crippen LogP contribution in [0.1, 0.15) is 23.6 Å². The van der Waals surface area contributed by atoms with Gasteiger partial charge in [0, 0.05) is 18.4 Å². The number of pyridine rings is 1. The number of ether oxygens (including phenoxy) is 2. The molecule has 1 aliphatic heterocycles. The molecule has 0 bridgehead atoms. The first-order valence-corrected chi connectivity index (χ1v) is 8.17. The lowest BCUT2D eigenvalue weighted by atomic mass is 10.0. The molecule has 1 aromatic carbocycles. The molecule has 1 aliphatic rings. The molecule has 136 valence electrons. The van der Waals surface area contributed by atoms with E-state index < -0.39 is 0 Å². The van der Waals surface area contributed by atoms with E-state index in [1.807, 2.05) is 18.2 Å². The molecule has 2 heterocycles. The van der Waals surface area contributed by atoms with Gasteiger partial charge in [0.1, 0.15) is 6.04 Å². The number of hydrazone groups is 1. The van der Waals surface area contributed by atoms with Crippen molar-refractivity contribution in [2.75, 3.05) is 14.2 Å². The molecule has 1 saturated heterocycles. The van der Waals surface area contributed by atoms with Crippen molar-refractivity contribution in [3.8, 4) is 11.5 Å². The number of nitrogens with zero attached hydrogens (tertiary/aromatic N) is 2. The summed E-state index contributed by atoms with van der Waals surface area (Å²) < 4.78 is 10.6. The largest absolute Gasteiger partial charge is 0.493 e. The molecule has 0 spiro atoms. The first kappa shape index (κ1) is 17.8. The molecule has 8 heteroatoms. The van der Waals surface area contributed by atoms with E-state index in [0.717, 1.165) is 11.1 Å². The van der Waals surface area contributed by atoms with Crippen molar-refractivity contribution in [1.29, 1.82) is 0 Å². The SMILES string of the molecule is COc1ccc(C2CC(C(=O)N/N=C/c3ccncc3)NN2)cc1OC. The van der Waals surface area contributed by atoms with Crippen molar-refractivity contribution in [3.63, 3.8) is 0 Å². The monoisotopic (exact) mass is 355 g/mol. The lowest BCUT2D eigenvalue weighted by Crippen LogP contribution is -2.41. The van der Waals surface area contributed by atoms with Crippen LogP contribution in [0.25, 0.3) is 0 Å². The highest BCUT2D eigenvalue weighted by Crippen LogP contribution is 2.32. The Morgan fingerprint density at radius 2 is 1.96 bits per heavy atom. The van der Waals surface area contributed by atoms with Gasteiger partial charge in [-0.3, -0.25) is 9.78 Å². The number of rotatable bonds is 6. The molecule has 1 fully saturated rings. The van der Waals surface area contributed by atoms with Crippen LogP contribution in [0.4, 0.5) is 0 Å². The number of nitrogens with one attached hydrogen (secondary N) is 3. The Morgan fingerprint density at radius 3 is 2.69 bits per heavy atom. The summed E-state index contributed by atoms with van der Waals surface area (Å²) in [6, 6.07) is 8.90. The summed E-state index contributed by atoms with van der Waals surface area (Å²) >= 11 is 0. The second-order valence-electron chi connectivity index (χ2n) is 5.76. The number of methoxy groups -OCH3 is 2. The Morgan fingerprint density at radius 1 is 1.19 bits per heavy atom. The van der Waals surface area contributed by atoms with Crippen LogP contribution in [-0.4, -0.2) is 37.4 Å². The van der Waals surface area contributed by atoms with Gasteiger partial charge < -0.3 is 9.47 Å². The molecule has 3 N–H and O–H groups in total. The zero-order valence-electron chi connectivity index (χ0n) is 14.6. The van der Waals surface area contributed by atoms with E-state index in [9.17, 15) is 4.79 Å². The molecule has 0 saturated carbocycles. The molecule has 2 atom stereocenters. The topological polar surface area (TPSA) is 96.9 Å². The van der Waals surface area contributed by atoms with Crippen LogP contribution in [0.5, 0.6) is 11.5 Å². The van der Waals surface area contributed by atoms with Gasteiger partial charge in [-0.2, -0.15) is 5.10 Å². The minimum atomic E-state index is -0.386. The maximum atomic E-state index is 12.3. The van der Waals surface area contributed by atoms with E-state index >= 15 is 0 Å². The third-order valence-electron chi connectivity index (χ3n) is 4.12. The molecule has 26 heavy (non-hydrogen) atoms. The fraction of sp³-hybridized carbons (Fsp3) is 0.278. The van der Waals surface area contributed by atoms with E-state index in [2.05, 4.69) is 26.4 Å². The molecule has 8 nitrogen and oxygen atoms in total. The quantitative estimate of drug-likeness (QED) is 0.531. The van der Waals surface area contributed by atoms with Crippen LogP contribution in [0, 0.1) is 0 Å². The van der Waals surface area contributed by atoms with Gasteiger partial charge in [-0.1, -0.05) is 6.07 Å². The smallest absolute Gasteiger partial charge is 0.258 e. The molecule has 1 aromatic heterocycles. The van der Waals surface area contributed by atoms with Gasteiger partial charge in [-0.15, -0.1) is 0 Å². The van der Waals surface area contributed by atoms with Crippen molar-refractivity contribution < 1.29 is 14.3 Å². The third kappa shape index (κ3) is 4.16. The lowest BCUT2D eigenvalue weighted by molar-refractivity contribution is -0.122. The number of hydrogen-bond donors (Lipinski definition) is 3. The first-order chi connectivity index (χ1) is 12.7. The second-order valence-corrected chi connectivity index (χ2v) is 5.76. The van der Waals surface area contributed by atoms with E-state index in [0.29, 0.717) is 17.9 Å². The average molecular weight is 355 g/mol. The highest BCUT2D eigenvalue weighted by Gasteiger charge is 2.30. The van der Waals surface area contributed by atoms with Crippen molar-refractivity contribution in [2.24, 2.45) is 5.10 Å². The molecule has 2 unspecified atom stereocenters. The lowest BCUT2D eigenvalue weighted by Gasteiger charge is -2.13. The van der Waals surface area contributed by atoms with Crippen LogP contribution < -0.4 is 25.8 Å². The standard InChI is InChI=1S/C18H21N5O3/c1-25-16-4-3-13(9-17(16)26-2)14-10-15(22-21-14)18(24)23-20-11-12-5-7-19-8-6-12/h3-9,11,14-15,21-22H,10H2,1-2H3,(H,23,24)/b20-11+. The van der Waals surface area contributed by atoms with Crippen LogP contribution in [0.15, 0.2) is 47.8 Å². The summed E-state index contributed by atoms with van der Waals surface area (Å²) in [5.74, 6) is 1.12. The number of aromatic nitrogens is 1. The van der Waals surface area contributed by atoms with Gasteiger partial charge in [0.15, 0.2) is 11.5 Å². The van der Waals surface area contributed by atoms with Crippen molar-refractivity contribution >= 4 is 12.1 Å². The molecule has 0 radical (unpaired) electrons. The minimum absolute atomic E-state index is 0.0188. The van der Waals surface area contributed by atoms with Crippen molar-refractivity contribution in [2.45, 2.75) is 18.5 Å². The highest BCUT2D eigenvalue weighted by atomic mass is 16.5. The van der Waals surface area contributed by atoms with E-state index in [-0.39, 0.29) is 18.0 Å². The predicted molar refractivity (Wildman–Crippen MR) is 96.9 cm³/mol. The van der Waals surface area contributed by atoms with Gasteiger partial charge in [-0.25, -0.2) is 16.3 Å². The van der Waals surface area contributed by atoms with Gasteiger partial charge in [0.05, 0.1) is 20.4 Å². The van der Waals surface area contributed by atoms with E-state index in [1.54, 1.807) is 45.0 Å². The Kier molecular flexibility index (Phi) is 5.77. The zero-order valence-corrected chi connectivity index (χ0v) is 14.6. The molecule has 1 amide bonds. The zero-order chi connectivity index (χ0) is 18.4. The summed E-state index contributed by atoms with van der Waals surface area (Å²) in [5, 5.41) is 3.98. The van der Waals surface area contributed by atoms with Gasteiger partial charge in [-0.05, 0) is 41.8 Å². The number of hydrogen-bond acceptors (Lipinski definition) is 7. The van der Waals surface area contributed by atoms with Crippen molar-refractivity contribution in [1.82, 2.24) is 21.3 Å². The molecule has 0 aliphatic carbocycles. The summed E-state index contributed by atoms with van der Waals surface area (Å²) in [7, 11) is 3.19. The van der Waals surface area contributed by atoms with Crippen LogP contribution in [-0.2, 0) is 4.79 Å². The van der Waals surface area contributed by atoms with Gasteiger partial charge >= 0.3 is 0 Å². The maximum Gasteiger partial charge on any atom is 0.258 e. The molecular formula is C18H21N5O3. The average Bonchev–Trinajstić information content (AvgIpc) is 3.18.